The van der Waals surface area contributed by atoms with Crippen molar-refractivity contribution >= 4 is 17.7 Å². The summed E-state index contributed by atoms with van der Waals surface area (Å²) in [6.07, 6.45) is 0.542. The number of hydrogen-bond donors (Lipinski definition) is 2. The van der Waals surface area contributed by atoms with Gasteiger partial charge in [-0.3, -0.25) is 4.79 Å². The third-order valence-corrected chi connectivity index (χ3v) is 5.20. The molecule has 0 aliphatic carbocycles. The Bertz CT molecular complexity index is 1030. The van der Waals surface area contributed by atoms with Crippen molar-refractivity contribution in [3.63, 3.8) is 0 Å². The van der Waals surface area contributed by atoms with E-state index in [4.69, 9.17) is 5.11 Å². The predicted octanol–water partition coefficient (Wildman–Crippen LogP) is 3.97. The molecule has 138 valence electrons. The maximum absolute atomic E-state index is 12.5. The minimum Gasteiger partial charge on any atom is -0.478 e. The second kappa shape index (κ2) is 8.22. The highest BCUT2D eigenvalue weighted by Gasteiger charge is 2.10. The molecule has 3 rings (SSSR count). The molecule has 0 unspecified atom stereocenters. The van der Waals surface area contributed by atoms with Gasteiger partial charge in [0.15, 0.2) is 5.16 Å². The van der Waals surface area contributed by atoms with E-state index in [2.05, 4.69) is 9.97 Å². The van der Waals surface area contributed by atoms with E-state index in [0.717, 1.165) is 11.1 Å². The van der Waals surface area contributed by atoms with E-state index in [0.29, 0.717) is 28.6 Å². The number of rotatable bonds is 6. The van der Waals surface area contributed by atoms with Gasteiger partial charge >= 0.3 is 5.97 Å². The van der Waals surface area contributed by atoms with Crippen LogP contribution in [-0.4, -0.2) is 21.0 Å². The van der Waals surface area contributed by atoms with Crippen molar-refractivity contribution < 1.29 is 9.90 Å². The molecular weight excluding hydrogens is 360 g/mol. The number of carboxylic acids is 1. The second-order valence-electron chi connectivity index (χ2n) is 6.39. The lowest BCUT2D eigenvalue weighted by Crippen LogP contribution is -2.17. The predicted molar refractivity (Wildman–Crippen MR) is 107 cm³/mol. The van der Waals surface area contributed by atoms with Gasteiger partial charge < -0.3 is 10.1 Å². The molecule has 0 fully saturated rings. The fourth-order valence-electron chi connectivity index (χ4n) is 2.72. The number of carboxylic acid groups (broad SMARTS) is 1. The third-order valence-electron chi connectivity index (χ3n) is 4.25. The van der Waals surface area contributed by atoms with Gasteiger partial charge in [-0.05, 0) is 37.1 Å². The molecule has 0 aliphatic heterocycles. The summed E-state index contributed by atoms with van der Waals surface area (Å²) in [5, 5.41) is 9.60. The van der Waals surface area contributed by atoms with Crippen molar-refractivity contribution in [2.45, 2.75) is 31.2 Å². The lowest BCUT2D eigenvalue weighted by atomic mass is 10.0. The van der Waals surface area contributed by atoms with Gasteiger partial charge in [-0.15, -0.1) is 0 Å². The molecule has 0 amide bonds. The van der Waals surface area contributed by atoms with Crippen LogP contribution in [0.1, 0.15) is 38.3 Å². The monoisotopic (exact) mass is 380 g/mol. The number of aryl methyl sites for hydroxylation is 2. The van der Waals surface area contributed by atoms with E-state index in [1.165, 1.54) is 17.3 Å². The smallest absolute Gasteiger partial charge is 0.335 e. The zero-order valence-electron chi connectivity index (χ0n) is 15.2. The van der Waals surface area contributed by atoms with Gasteiger partial charge in [0.2, 0.25) is 0 Å². The zero-order valence-corrected chi connectivity index (χ0v) is 16.0. The Hall–Kier alpha value is -2.86. The second-order valence-corrected chi connectivity index (χ2v) is 7.36. The number of aromatic amines is 1. The van der Waals surface area contributed by atoms with Crippen molar-refractivity contribution in [3.05, 3.63) is 92.4 Å². The molecule has 0 bridgehead atoms. The molecule has 27 heavy (non-hydrogen) atoms. The normalized spacial score (nSPS) is 10.7. The average Bonchev–Trinajstić information content (AvgIpc) is 2.65. The van der Waals surface area contributed by atoms with Gasteiger partial charge in [0.25, 0.3) is 5.56 Å². The summed E-state index contributed by atoms with van der Waals surface area (Å²) in [7, 11) is 0. The summed E-state index contributed by atoms with van der Waals surface area (Å²) in [6, 6.07) is 14.9. The van der Waals surface area contributed by atoms with Crippen molar-refractivity contribution in [1.82, 2.24) is 9.97 Å². The number of aromatic carboxylic acids is 1. The fourth-order valence-corrected chi connectivity index (χ4v) is 3.57. The molecule has 0 saturated carbocycles. The largest absolute Gasteiger partial charge is 0.478 e. The summed E-state index contributed by atoms with van der Waals surface area (Å²) < 4.78 is 0. The minimum absolute atomic E-state index is 0.134. The summed E-state index contributed by atoms with van der Waals surface area (Å²) in [6.45, 7) is 3.87. The maximum atomic E-state index is 12.5. The Balaban J connectivity index is 1.74. The van der Waals surface area contributed by atoms with Crippen LogP contribution in [0.2, 0.25) is 0 Å². The molecule has 6 heteroatoms. The SMILES string of the molecule is Cc1ccc(Cc2c(C)nc(SCc3cccc(C(=O)O)c3)[nH]c2=O)cc1. The molecule has 0 radical (unpaired) electrons. The molecule has 1 heterocycles. The van der Waals surface area contributed by atoms with Crippen LogP contribution in [0.3, 0.4) is 0 Å². The van der Waals surface area contributed by atoms with Crippen molar-refractivity contribution in [3.8, 4) is 0 Å². The van der Waals surface area contributed by atoms with Gasteiger partial charge in [0.1, 0.15) is 0 Å². The minimum atomic E-state index is -0.954. The molecule has 0 spiro atoms. The van der Waals surface area contributed by atoms with Gasteiger partial charge in [-0.2, -0.15) is 0 Å². The molecule has 1 aromatic heterocycles. The van der Waals surface area contributed by atoms with E-state index in [1.807, 2.05) is 44.2 Å². The van der Waals surface area contributed by atoms with Crippen LogP contribution in [0.4, 0.5) is 0 Å². The van der Waals surface area contributed by atoms with Crippen LogP contribution < -0.4 is 5.56 Å². The van der Waals surface area contributed by atoms with Crippen molar-refractivity contribution in [1.29, 1.82) is 0 Å². The first-order valence-corrected chi connectivity index (χ1v) is 9.51. The molecule has 5 nitrogen and oxygen atoms in total. The number of hydrogen-bond acceptors (Lipinski definition) is 4. The first-order valence-electron chi connectivity index (χ1n) is 8.53. The Labute approximate surface area is 161 Å². The summed E-state index contributed by atoms with van der Waals surface area (Å²) in [5.74, 6) is -0.425. The highest BCUT2D eigenvalue weighted by molar-refractivity contribution is 7.98. The standard InChI is InChI=1S/C21H20N2O3S/c1-13-6-8-15(9-7-13)11-18-14(2)22-21(23-19(18)24)27-12-16-4-3-5-17(10-16)20(25)26/h3-10H,11-12H2,1-2H3,(H,25,26)(H,22,23,24). The lowest BCUT2D eigenvalue weighted by Gasteiger charge is -2.08. The topological polar surface area (TPSA) is 83.0 Å². The highest BCUT2D eigenvalue weighted by Crippen LogP contribution is 2.20. The number of carbonyl (C=O) groups is 1. The average molecular weight is 380 g/mol. The first-order chi connectivity index (χ1) is 12.9. The van der Waals surface area contributed by atoms with E-state index in [9.17, 15) is 9.59 Å². The van der Waals surface area contributed by atoms with Crippen LogP contribution in [0.5, 0.6) is 0 Å². The Morgan fingerprint density at radius 3 is 2.52 bits per heavy atom. The van der Waals surface area contributed by atoms with Gasteiger partial charge in [-0.25, -0.2) is 9.78 Å². The highest BCUT2D eigenvalue weighted by atomic mass is 32.2. The Kier molecular flexibility index (Phi) is 5.76. The molecule has 0 saturated heterocycles. The number of nitrogens with one attached hydrogen (secondary N) is 1. The number of thioether (sulfide) groups is 1. The first kappa shape index (κ1) is 18.9. The van der Waals surface area contributed by atoms with Crippen LogP contribution in [0, 0.1) is 13.8 Å². The molecule has 0 aliphatic rings. The number of H-pyrrole nitrogens is 1. The third kappa shape index (κ3) is 4.86. The van der Waals surface area contributed by atoms with E-state index in [-0.39, 0.29) is 11.1 Å². The lowest BCUT2D eigenvalue weighted by molar-refractivity contribution is 0.0697. The zero-order chi connectivity index (χ0) is 19.4. The molecule has 2 N–H and O–H groups in total. The summed E-state index contributed by atoms with van der Waals surface area (Å²) in [4.78, 5) is 30.9. The van der Waals surface area contributed by atoms with Crippen molar-refractivity contribution in [2.24, 2.45) is 0 Å². The van der Waals surface area contributed by atoms with E-state index >= 15 is 0 Å². The van der Waals surface area contributed by atoms with Gasteiger partial charge in [0, 0.05) is 23.4 Å². The Morgan fingerprint density at radius 1 is 1.11 bits per heavy atom. The molecule has 2 aromatic carbocycles. The van der Waals surface area contributed by atoms with Gasteiger partial charge in [0.05, 0.1) is 5.56 Å². The molecular formula is C21H20N2O3S. The van der Waals surface area contributed by atoms with Crippen LogP contribution in [0.15, 0.2) is 58.5 Å². The maximum Gasteiger partial charge on any atom is 0.335 e. The summed E-state index contributed by atoms with van der Waals surface area (Å²) >= 11 is 1.38. The van der Waals surface area contributed by atoms with Crippen LogP contribution >= 0.6 is 11.8 Å². The van der Waals surface area contributed by atoms with E-state index < -0.39 is 5.97 Å². The van der Waals surface area contributed by atoms with Crippen LogP contribution in [-0.2, 0) is 12.2 Å². The number of nitrogens with zero attached hydrogens (tertiary/aromatic N) is 1. The van der Waals surface area contributed by atoms with Crippen molar-refractivity contribution in [2.75, 3.05) is 0 Å². The van der Waals surface area contributed by atoms with Gasteiger partial charge in [-0.1, -0.05) is 53.7 Å². The van der Waals surface area contributed by atoms with E-state index in [1.54, 1.807) is 18.2 Å². The molecule has 0 atom stereocenters. The fraction of sp³-hybridized carbons (Fsp3) is 0.190. The number of aromatic nitrogens is 2. The molecule has 3 aromatic rings. The Morgan fingerprint density at radius 2 is 1.85 bits per heavy atom. The van der Waals surface area contributed by atoms with Crippen LogP contribution in [0.25, 0.3) is 0 Å². The summed E-state index contributed by atoms with van der Waals surface area (Å²) in [5.41, 5.74) is 4.60. The number of benzene rings is 2. The quantitative estimate of drug-likeness (QED) is 0.499.